The van der Waals surface area contributed by atoms with Gasteiger partial charge in [-0.3, -0.25) is 24.7 Å². The summed E-state index contributed by atoms with van der Waals surface area (Å²) in [7, 11) is 0. The van der Waals surface area contributed by atoms with Crippen molar-refractivity contribution in [2.24, 2.45) is 0 Å². The quantitative estimate of drug-likeness (QED) is 0.600. The molecule has 0 bridgehead atoms. The molecule has 0 aliphatic rings. The van der Waals surface area contributed by atoms with Gasteiger partial charge in [-0.05, 0) is 6.92 Å². The number of nitrogens with zero attached hydrogens (tertiary/aromatic N) is 4. The standard InChI is InChI=1S/C10H12N6O3/c1-2-15-6-7(4-13-15)3-11-10(17)9-8(16(18)19)5-12-14-9/h4-6H,2-3H2,1H3,(H,11,17)(H,12,14). The van der Waals surface area contributed by atoms with Gasteiger partial charge in [0.05, 0.1) is 11.1 Å². The first-order valence-electron chi connectivity index (χ1n) is 5.59. The smallest absolute Gasteiger partial charge is 0.319 e. The van der Waals surface area contributed by atoms with Gasteiger partial charge in [-0.25, -0.2) is 0 Å². The molecule has 2 aromatic rings. The van der Waals surface area contributed by atoms with Crippen molar-refractivity contribution in [1.29, 1.82) is 0 Å². The van der Waals surface area contributed by atoms with E-state index in [0.717, 1.165) is 18.3 Å². The van der Waals surface area contributed by atoms with Crippen molar-refractivity contribution in [2.45, 2.75) is 20.0 Å². The third kappa shape index (κ3) is 2.76. The molecule has 2 N–H and O–H groups in total. The topological polar surface area (TPSA) is 119 Å². The fourth-order valence-electron chi connectivity index (χ4n) is 1.53. The van der Waals surface area contributed by atoms with Gasteiger partial charge in [-0.15, -0.1) is 0 Å². The van der Waals surface area contributed by atoms with Crippen molar-refractivity contribution in [3.05, 3.63) is 40.0 Å². The minimum Gasteiger partial charge on any atom is -0.346 e. The van der Waals surface area contributed by atoms with Crippen LogP contribution >= 0.6 is 0 Å². The molecular weight excluding hydrogens is 252 g/mol. The number of rotatable bonds is 5. The molecule has 0 aliphatic carbocycles. The summed E-state index contributed by atoms with van der Waals surface area (Å²) in [4.78, 5) is 21.8. The lowest BCUT2D eigenvalue weighted by molar-refractivity contribution is -0.385. The Morgan fingerprint density at radius 2 is 2.37 bits per heavy atom. The molecule has 100 valence electrons. The lowest BCUT2D eigenvalue weighted by Gasteiger charge is -2.00. The Bertz CT molecular complexity index is 602. The van der Waals surface area contributed by atoms with Crippen molar-refractivity contribution in [2.75, 3.05) is 0 Å². The zero-order chi connectivity index (χ0) is 13.8. The molecule has 1 amide bonds. The minimum absolute atomic E-state index is 0.159. The number of amides is 1. The van der Waals surface area contributed by atoms with Gasteiger partial charge >= 0.3 is 5.69 Å². The molecular formula is C10H12N6O3. The Hall–Kier alpha value is -2.71. The minimum atomic E-state index is -0.659. The van der Waals surface area contributed by atoms with Crippen LogP contribution in [-0.4, -0.2) is 30.8 Å². The molecule has 9 heteroatoms. The number of aromatic amines is 1. The summed E-state index contributed by atoms with van der Waals surface area (Å²) in [5.41, 5.74) is 0.312. The Morgan fingerprint density at radius 1 is 1.58 bits per heavy atom. The number of hydrogen-bond donors (Lipinski definition) is 2. The average Bonchev–Trinajstić information content (AvgIpc) is 3.04. The average molecular weight is 264 g/mol. The second-order valence-corrected chi connectivity index (χ2v) is 3.77. The molecule has 0 saturated carbocycles. The van der Waals surface area contributed by atoms with E-state index in [-0.39, 0.29) is 17.9 Å². The molecule has 0 radical (unpaired) electrons. The first-order chi connectivity index (χ1) is 9.11. The maximum atomic E-state index is 11.8. The molecule has 0 spiro atoms. The maximum Gasteiger partial charge on any atom is 0.319 e. The van der Waals surface area contributed by atoms with E-state index < -0.39 is 10.8 Å². The highest BCUT2D eigenvalue weighted by atomic mass is 16.6. The van der Waals surface area contributed by atoms with Gasteiger partial charge < -0.3 is 5.32 Å². The lowest BCUT2D eigenvalue weighted by atomic mass is 10.3. The van der Waals surface area contributed by atoms with Gasteiger partial charge in [0, 0.05) is 24.8 Å². The summed E-state index contributed by atoms with van der Waals surface area (Å²) in [6, 6.07) is 0. The predicted molar refractivity (Wildman–Crippen MR) is 64.3 cm³/mol. The van der Waals surface area contributed by atoms with Crippen LogP contribution in [0.25, 0.3) is 0 Å². The normalized spacial score (nSPS) is 10.4. The third-order valence-electron chi connectivity index (χ3n) is 2.51. The highest BCUT2D eigenvalue weighted by Crippen LogP contribution is 2.14. The number of aromatic nitrogens is 4. The summed E-state index contributed by atoms with van der Waals surface area (Å²) in [6.07, 6.45) is 4.43. The second kappa shape index (κ2) is 5.29. The van der Waals surface area contributed by atoms with Gasteiger partial charge in [0.15, 0.2) is 0 Å². The van der Waals surface area contributed by atoms with Crippen molar-refractivity contribution in [3.63, 3.8) is 0 Å². The molecule has 0 aromatic carbocycles. The van der Waals surface area contributed by atoms with Crippen LogP contribution < -0.4 is 5.32 Å². The largest absolute Gasteiger partial charge is 0.346 e. The van der Waals surface area contributed by atoms with Crippen molar-refractivity contribution >= 4 is 11.6 Å². The van der Waals surface area contributed by atoms with E-state index in [1.165, 1.54) is 0 Å². The SMILES string of the molecule is CCn1cc(CNC(=O)c2[nH]ncc2[N+](=O)[O-])cn1. The first-order valence-corrected chi connectivity index (χ1v) is 5.59. The molecule has 0 fully saturated rings. The Morgan fingerprint density at radius 3 is 3.00 bits per heavy atom. The summed E-state index contributed by atoms with van der Waals surface area (Å²) < 4.78 is 1.72. The van der Waals surface area contributed by atoms with Crippen molar-refractivity contribution < 1.29 is 9.72 Å². The summed E-state index contributed by atoms with van der Waals surface area (Å²) in [5, 5.41) is 23.1. The summed E-state index contributed by atoms with van der Waals surface area (Å²) >= 11 is 0. The van der Waals surface area contributed by atoms with E-state index in [4.69, 9.17) is 0 Å². The molecule has 0 unspecified atom stereocenters. The molecule has 0 aliphatic heterocycles. The van der Waals surface area contributed by atoms with Crippen LogP contribution in [0.5, 0.6) is 0 Å². The van der Waals surface area contributed by atoms with Crippen LogP contribution in [0, 0.1) is 10.1 Å². The van der Waals surface area contributed by atoms with Gasteiger partial charge in [-0.2, -0.15) is 10.2 Å². The second-order valence-electron chi connectivity index (χ2n) is 3.77. The fourth-order valence-corrected chi connectivity index (χ4v) is 1.53. The number of H-pyrrole nitrogens is 1. The van der Waals surface area contributed by atoms with Gasteiger partial charge in [-0.1, -0.05) is 0 Å². The Kier molecular flexibility index (Phi) is 3.55. The fraction of sp³-hybridized carbons (Fsp3) is 0.300. The Labute approximate surface area is 107 Å². The first kappa shape index (κ1) is 12.7. The van der Waals surface area contributed by atoms with E-state index in [1.54, 1.807) is 17.1 Å². The van der Waals surface area contributed by atoms with E-state index in [0.29, 0.717) is 0 Å². The molecule has 2 rings (SSSR count). The summed E-state index contributed by atoms with van der Waals surface area (Å²) in [6.45, 7) is 2.93. The molecule has 2 aromatic heterocycles. The molecule has 2 heterocycles. The van der Waals surface area contributed by atoms with E-state index in [9.17, 15) is 14.9 Å². The molecule has 0 saturated heterocycles. The van der Waals surface area contributed by atoms with Crippen molar-refractivity contribution in [3.8, 4) is 0 Å². The van der Waals surface area contributed by atoms with Crippen LogP contribution in [0.4, 0.5) is 5.69 Å². The van der Waals surface area contributed by atoms with Crippen LogP contribution in [0.1, 0.15) is 23.0 Å². The van der Waals surface area contributed by atoms with E-state index >= 15 is 0 Å². The predicted octanol–water partition coefficient (Wildman–Crippen LogP) is 0.464. The van der Waals surface area contributed by atoms with E-state index in [2.05, 4.69) is 20.6 Å². The van der Waals surface area contributed by atoms with Gasteiger partial charge in [0.1, 0.15) is 6.20 Å². The number of aryl methyl sites for hydroxylation is 1. The molecule has 0 atom stereocenters. The maximum absolute atomic E-state index is 11.8. The number of carbonyl (C=O) groups is 1. The zero-order valence-electron chi connectivity index (χ0n) is 10.2. The number of nitro groups is 1. The molecule has 19 heavy (non-hydrogen) atoms. The van der Waals surface area contributed by atoms with Gasteiger partial charge in [0.2, 0.25) is 5.69 Å². The number of nitrogens with one attached hydrogen (secondary N) is 2. The van der Waals surface area contributed by atoms with Crippen LogP contribution in [0.3, 0.4) is 0 Å². The highest BCUT2D eigenvalue weighted by Gasteiger charge is 2.22. The summed E-state index contributed by atoms with van der Waals surface area (Å²) in [5.74, 6) is -0.576. The van der Waals surface area contributed by atoms with Gasteiger partial charge in [0.25, 0.3) is 5.91 Å². The number of carbonyl (C=O) groups excluding carboxylic acids is 1. The lowest BCUT2D eigenvalue weighted by Crippen LogP contribution is -2.23. The number of hydrogen-bond acceptors (Lipinski definition) is 5. The van der Waals surface area contributed by atoms with Crippen LogP contribution in [0.15, 0.2) is 18.6 Å². The molecule has 9 nitrogen and oxygen atoms in total. The monoisotopic (exact) mass is 264 g/mol. The van der Waals surface area contributed by atoms with E-state index in [1.807, 2.05) is 6.92 Å². The Balaban J connectivity index is 2.01. The zero-order valence-corrected chi connectivity index (χ0v) is 10.2. The van der Waals surface area contributed by atoms with Crippen LogP contribution in [-0.2, 0) is 13.1 Å². The third-order valence-corrected chi connectivity index (χ3v) is 2.51. The highest BCUT2D eigenvalue weighted by molar-refractivity contribution is 5.95. The van der Waals surface area contributed by atoms with Crippen molar-refractivity contribution in [1.82, 2.24) is 25.3 Å². The van der Waals surface area contributed by atoms with Crippen LogP contribution in [0.2, 0.25) is 0 Å².